The number of likely N-dealkylation sites (tertiary alicyclic amines) is 1. The van der Waals surface area contributed by atoms with E-state index in [4.69, 9.17) is 10.8 Å². The summed E-state index contributed by atoms with van der Waals surface area (Å²) in [6.07, 6.45) is 2.08. The Labute approximate surface area is 74.5 Å². The standard InChI is InChI=1S/C9H20N2O/c1-3-8(2)11-5-4-9(10,6-11)7-12/h8,12H,3-7,10H2,1-2H3. The maximum atomic E-state index is 9.05. The number of hydrogen-bond donors (Lipinski definition) is 2. The Kier molecular flexibility index (Phi) is 3.09. The molecule has 2 unspecified atom stereocenters. The Morgan fingerprint density at radius 2 is 2.33 bits per heavy atom. The topological polar surface area (TPSA) is 49.5 Å². The van der Waals surface area contributed by atoms with Gasteiger partial charge in [-0.2, -0.15) is 0 Å². The van der Waals surface area contributed by atoms with Crippen molar-refractivity contribution < 1.29 is 5.11 Å². The van der Waals surface area contributed by atoms with Crippen molar-refractivity contribution in [2.24, 2.45) is 5.73 Å². The maximum Gasteiger partial charge on any atom is 0.0624 e. The third kappa shape index (κ3) is 1.97. The van der Waals surface area contributed by atoms with Gasteiger partial charge in [0.15, 0.2) is 0 Å². The first-order valence-electron chi connectivity index (χ1n) is 4.75. The van der Waals surface area contributed by atoms with Gasteiger partial charge in [-0.1, -0.05) is 6.92 Å². The van der Waals surface area contributed by atoms with Crippen LogP contribution < -0.4 is 5.73 Å². The van der Waals surface area contributed by atoms with Gasteiger partial charge in [0.25, 0.3) is 0 Å². The molecule has 3 N–H and O–H groups in total. The molecular formula is C9H20N2O. The van der Waals surface area contributed by atoms with Crippen molar-refractivity contribution in [3.05, 3.63) is 0 Å². The molecule has 0 radical (unpaired) electrons. The van der Waals surface area contributed by atoms with Crippen LogP contribution >= 0.6 is 0 Å². The molecule has 0 aliphatic carbocycles. The number of nitrogens with two attached hydrogens (primary N) is 1. The number of rotatable bonds is 3. The Balaban J connectivity index is 2.45. The van der Waals surface area contributed by atoms with Crippen LogP contribution in [0.25, 0.3) is 0 Å². The van der Waals surface area contributed by atoms with Gasteiger partial charge in [-0.15, -0.1) is 0 Å². The van der Waals surface area contributed by atoms with Crippen molar-refractivity contribution in [2.75, 3.05) is 19.7 Å². The van der Waals surface area contributed by atoms with Crippen LogP contribution in [-0.2, 0) is 0 Å². The van der Waals surface area contributed by atoms with Crippen LogP contribution in [0.2, 0.25) is 0 Å². The van der Waals surface area contributed by atoms with Gasteiger partial charge in [0.2, 0.25) is 0 Å². The molecule has 3 nitrogen and oxygen atoms in total. The summed E-state index contributed by atoms with van der Waals surface area (Å²) in [7, 11) is 0. The fourth-order valence-electron chi connectivity index (χ4n) is 1.69. The van der Waals surface area contributed by atoms with Crippen LogP contribution in [0.3, 0.4) is 0 Å². The first-order valence-corrected chi connectivity index (χ1v) is 4.75. The molecule has 72 valence electrons. The highest BCUT2D eigenvalue weighted by Crippen LogP contribution is 2.20. The molecule has 0 aromatic carbocycles. The monoisotopic (exact) mass is 172 g/mol. The van der Waals surface area contributed by atoms with Crippen molar-refractivity contribution in [2.45, 2.75) is 38.3 Å². The van der Waals surface area contributed by atoms with Gasteiger partial charge >= 0.3 is 0 Å². The van der Waals surface area contributed by atoms with Gasteiger partial charge in [-0.3, -0.25) is 4.90 Å². The van der Waals surface area contributed by atoms with Gasteiger partial charge in [0.1, 0.15) is 0 Å². The van der Waals surface area contributed by atoms with E-state index in [1.165, 1.54) is 0 Å². The predicted molar refractivity (Wildman–Crippen MR) is 49.9 cm³/mol. The minimum atomic E-state index is -0.330. The van der Waals surface area contributed by atoms with E-state index in [1.54, 1.807) is 0 Å². The fourth-order valence-corrected chi connectivity index (χ4v) is 1.69. The Morgan fingerprint density at radius 3 is 2.75 bits per heavy atom. The molecule has 1 rings (SSSR count). The third-order valence-electron chi connectivity index (χ3n) is 2.94. The zero-order chi connectivity index (χ0) is 9.19. The van der Waals surface area contributed by atoms with Crippen molar-refractivity contribution >= 4 is 0 Å². The summed E-state index contributed by atoms with van der Waals surface area (Å²) in [6, 6.07) is 0.599. The van der Waals surface area contributed by atoms with Crippen LogP contribution in [0.15, 0.2) is 0 Å². The maximum absolute atomic E-state index is 9.05. The lowest BCUT2D eigenvalue weighted by atomic mass is 10.0. The Hall–Kier alpha value is -0.120. The van der Waals surface area contributed by atoms with Gasteiger partial charge in [-0.05, 0) is 19.8 Å². The summed E-state index contributed by atoms with van der Waals surface area (Å²) >= 11 is 0. The predicted octanol–water partition coefficient (Wildman–Crippen LogP) is 0.180. The second-order valence-corrected chi connectivity index (χ2v) is 4.00. The van der Waals surface area contributed by atoms with E-state index < -0.39 is 0 Å². The van der Waals surface area contributed by atoms with Gasteiger partial charge in [0, 0.05) is 19.1 Å². The van der Waals surface area contributed by atoms with Crippen molar-refractivity contribution in [3.63, 3.8) is 0 Å². The van der Waals surface area contributed by atoms with E-state index >= 15 is 0 Å². The number of aliphatic hydroxyl groups is 1. The molecule has 12 heavy (non-hydrogen) atoms. The van der Waals surface area contributed by atoms with Gasteiger partial charge < -0.3 is 10.8 Å². The Morgan fingerprint density at radius 1 is 1.67 bits per heavy atom. The van der Waals surface area contributed by atoms with Crippen molar-refractivity contribution in [3.8, 4) is 0 Å². The zero-order valence-electron chi connectivity index (χ0n) is 8.08. The van der Waals surface area contributed by atoms with Crippen LogP contribution in [-0.4, -0.2) is 41.3 Å². The lowest BCUT2D eigenvalue weighted by Crippen LogP contribution is -2.47. The lowest BCUT2D eigenvalue weighted by Gasteiger charge is -2.25. The second kappa shape index (κ2) is 3.73. The molecule has 1 saturated heterocycles. The summed E-state index contributed by atoms with van der Waals surface area (Å²) in [4.78, 5) is 2.36. The summed E-state index contributed by atoms with van der Waals surface area (Å²) in [5.74, 6) is 0. The molecule has 0 aromatic heterocycles. The van der Waals surface area contributed by atoms with Crippen LogP contribution in [0, 0.1) is 0 Å². The molecule has 0 amide bonds. The van der Waals surface area contributed by atoms with Gasteiger partial charge in [-0.25, -0.2) is 0 Å². The minimum Gasteiger partial charge on any atom is -0.394 e. The van der Waals surface area contributed by atoms with Crippen LogP contribution in [0.4, 0.5) is 0 Å². The van der Waals surface area contributed by atoms with Gasteiger partial charge in [0.05, 0.1) is 12.1 Å². The summed E-state index contributed by atoms with van der Waals surface area (Å²) in [5.41, 5.74) is 5.62. The average Bonchev–Trinajstić information content (AvgIpc) is 2.48. The number of hydrogen-bond acceptors (Lipinski definition) is 3. The molecule has 0 spiro atoms. The molecule has 0 saturated carbocycles. The molecule has 0 bridgehead atoms. The summed E-state index contributed by atoms with van der Waals surface area (Å²) < 4.78 is 0. The first kappa shape index (κ1) is 9.96. The third-order valence-corrected chi connectivity index (χ3v) is 2.94. The van der Waals surface area contributed by atoms with E-state index in [2.05, 4.69) is 18.7 Å². The highest BCUT2D eigenvalue weighted by Gasteiger charge is 2.35. The zero-order valence-corrected chi connectivity index (χ0v) is 8.08. The lowest BCUT2D eigenvalue weighted by molar-refractivity contribution is 0.178. The largest absolute Gasteiger partial charge is 0.394 e. The van der Waals surface area contributed by atoms with E-state index in [0.717, 1.165) is 25.9 Å². The van der Waals surface area contributed by atoms with Crippen LogP contribution in [0.1, 0.15) is 26.7 Å². The number of aliphatic hydroxyl groups excluding tert-OH is 1. The second-order valence-electron chi connectivity index (χ2n) is 4.00. The highest BCUT2D eigenvalue weighted by atomic mass is 16.3. The summed E-state index contributed by atoms with van der Waals surface area (Å²) in [6.45, 7) is 6.38. The first-order chi connectivity index (χ1) is 5.61. The minimum absolute atomic E-state index is 0.111. The fraction of sp³-hybridized carbons (Fsp3) is 1.00. The smallest absolute Gasteiger partial charge is 0.0624 e. The van der Waals surface area contributed by atoms with Crippen molar-refractivity contribution in [1.82, 2.24) is 4.90 Å². The van der Waals surface area contributed by atoms with Crippen molar-refractivity contribution in [1.29, 1.82) is 0 Å². The van der Waals surface area contributed by atoms with E-state index in [-0.39, 0.29) is 12.1 Å². The molecule has 0 aromatic rings. The normalized spacial score (nSPS) is 34.0. The van der Waals surface area contributed by atoms with E-state index in [9.17, 15) is 0 Å². The quantitative estimate of drug-likeness (QED) is 0.638. The number of nitrogens with zero attached hydrogens (tertiary/aromatic N) is 1. The summed E-state index contributed by atoms with van der Waals surface area (Å²) in [5, 5.41) is 9.05. The molecule has 1 aliphatic rings. The molecule has 1 aliphatic heterocycles. The average molecular weight is 172 g/mol. The van der Waals surface area contributed by atoms with E-state index in [0.29, 0.717) is 6.04 Å². The Bertz CT molecular complexity index is 151. The molecule has 1 heterocycles. The molecule has 3 heteroatoms. The van der Waals surface area contributed by atoms with E-state index in [1.807, 2.05) is 0 Å². The molecule has 1 fully saturated rings. The van der Waals surface area contributed by atoms with Crippen LogP contribution in [0.5, 0.6) is 0 Å². The molecular weight excluding hydrogens is 152 g/mol. The SMILES string of the molecule is CCC(C)N1CCC(N)(CO)C1. The highest BCUT2D eigenvalue weighted by molar-refractivity contribution is 4.95. The molecule has 2 atom stereocenters.